The van der Waals surface area contributed by atoms with Crippen LogP contribution in [0.5, 0.6) is 0 Å². The first-order valence-corrected chi connectivity index (χ1v) is 8.12. The number of nitrogens with zero attached hydrogens (tertiary/aromatic N) is 6. The van der Waals surface area contributed by atoms with Crippen molar-refractivity contribution >= 4 is 33.1 Å². The molecule has 8 heteroatoms. The molecule has 4 rings (SSSR count). The van der Waals surface area contributed by atoms with Crippen LogP contribution in [0.1, 0.15) is 5.69 Å². The summed E-state index contributed by atoms with van der Waals surface area (Å²) in [6.07, 6.45) is 9.22. The number of hydrogen-bond donors (Lipinski definition) is 1. The van der Waals surface area contributed by atoms with E-state index in [-0.39, 0.29) is 0 Å². The van der Waals surface area contributed by atoms with E-state index in [4.69, 9.17) is 0 Å². The molecule has 0 spiro atoms. The largest absolute Gasteiger partial charge is 0.335 e. The number of halogens is 1. The Kier molecular flexibility index (Phi) is 3.53. The number of fused-ring (bicyclic) bond motifs is 1. The predicted molar refractivity (Wildman–Crippen MR) is 95.1 cm³/mol. The van der Waals surface area contributed by atoms with Gasteiger partial charge >= 0.3 is 0 Å². The number of aryl methyl sites for hydroxylation is 2. The van der Waals surface area contributed by atoms with Gasteiger partial charge in [0.1, 0.15) is 4.60 Å². The molecule has 1 N–H and O–H groups in total. The average Bonchev–Trinajstić information content (AvgIpc) is 3.16. The van der Waals surface area contributed by atoms with Crippen LogP contribution >= 0.6 is 15.9 Å². The Labute approximate surface area is 146 Å². The van der Waals surface area contributed by atoms with Crippen molar-refractivity contribution in [2.45, 2.75) is 6.92 Å². The molecular weight excluding hydrogens is 370 g/mol. The fourth-order valence-corrected chi connectivity index (χ4v) is 3.03. The van der Waals surface area contributed by atoms with Crippen LogP contribution in [-0.2, 0) is 7.05 Å². The molecule has 4 heterocycles. The minimum atomic E-state index is 0.666. The van der Waals surface area contributed by atoms with Gasteiger partial charge in [-0.3, -0.25) is 9.08 Å². The van der Waals surface area contributed by atoms with Gasteiger partial charge in [0.2, 0.25) is 0 Å². The summed E-state index contributed by atoms with van der Waals surface area (Å²) in [5.74, 6) is 0.666. The Bertz CT molecular complexity index is 1030. The zero-order valence-electron chi connectivity index (χ0n) is 13.1. The van der Waals surface area contributed by atoms with Crippen LogP contribution in [-0.4, -0.2) is 29.1 Å². The summed E-state index contributed by atoms with van der Waals surface area (Å²) in [4.78, 5) is 13.3. The molecule has 0 saturated carbocycles. The van der Waals surface area contributed by atoms with Crippen molar-refractivity contribution < 1.29 is 0 Å². The van der Waals surface area contributed by atoms with Crippen LogP contribution in [0.4, 0.5) is 11.5 Å². The predicted octanol–water partition coefficient (Wildman–Crippen LogP) is 3.34. The van der Waals surface area contributed by atoms with E-state index in [1.165, 1.54) is 0 Å². The van der Waals surface area contributed by atoms with Crippen LogP contribution in [0.2, 0.25) is 0 Å². The van der Waals surface area contributed by atoms with Crippen molar-refractivity contribution in [3.05, 3.63) is 53.4 Å². The van der Waals surface area contributed by atoms with Crippen LogP contribution in [0.3, 0.4) is 0 Å². The molecule has 0 radical (unpaired) electrons. The maximum atomic E-state index is 4.51. The fraction of sp³-hybridized carbons (Fsp3) is 0.125. The van der Waals surface area contributed by atoms with Gasteiger partial charge in [-0.05, 0) is 35.0 Å². The highest BCUT2D eigenvalue weighted by Crippen LogP contribution is 2.27. The second kappa shape index (κ2) is 5.72. The monoisotopic (exact) mass is 383 g/mol. The number of nitrogens with one attached hydrogen (secondary N) is 1. The quantitative estimate of drug-likeness (QED) is 0.549. The lowest BCUT2D eigenvalue weighted by molar-refractivity contribution is 0.768. The molecule has 0 aliphatic heterocycles. The standard InChI is InChI=1S/C16H14BrN7/c1-10-3-4-12(14(17)21-10)22-15-16-19-8-13(24(16)6-5-18-15)11-7-20-23(2)9-11/h3-9H,1-2H3,(H,18,22). The van der Waals surface area contributed by atoms with Gasteiger partial charge in [0, 0.05) is 36.9 Å². The van der Waals surface area contributed by atoms with Gasteiger partial charge in [0.05, 0.1) is 23.8 Å². The van der Waals surface area contributed by atoms with Crippen molar-refractivity contribution in [2.75, 3.05) is 5.32 Å². The van der Waals surface area contributed by atoms with Crippen LogP contribution in [0.25, 0.3) is 16.9 Å². The molecule has 4 aromatic rings. The molecule has 0 aromatic carbocycles. The Hall–Kier alpha value is -2.74. The van der Waals surface area contributed by atoms with Gasteiger partial charge in [-0.2, -0.15) is 5.10 Å². The first kappa shape index (κ1) is 14.8. The second-order valence-electron chi connectivity index (χ2n) is 5.43. The third kappa shape index (κ3) is 2.54. The molecule has 24 heavy (non-hydrogen) atoms. The Balaban J connectivity index is 1.78. The summed E-state index contributed by atoms with van der Waals surface area (Å²) in [7, 11) is 1.89. The number of hydrogen-bond acceptors (Lipinski definition) is 5. The zero-order chi connectivity index (χ0) is 16.7. The van der Waals surface area contributed by atoms with E-state index in [9.17, 15) is 0 Å². The van der Waals surface area contributed by atoms with E-state index >= 15 is 0 Å². The lowest BCUT2D eigenvalue weighted by Gasteiger charge is -2.09. The van der Waals surface area contributed by atoms with E-state index in [1.807, 2.05) is 55.3 Å². The zero-order valence-corrected chi connectivity index (χ0v) is 14.7. The molecule has 0 aliphatic rings. The van der Waals surface area contributed by atoms with Crippen molar-refractivity contribution in [3.8, 4) is 11.3 Å². The molecule has 120 valence electrons. The molecule has 0 fully saturated rings. The molecule has 0 bridgehead atoms. The highest BCUT2D eigenvalue weighted by molar-refractivity contribution is 9.10. The van der Waals surface area contributed by atoms with Crippen molar-refractivity contribution in [3.63, 3.8) is 0 Å². The topological polar surface area (TPSA) is 72.9 Å². The SMILES string of the molecule is Cc1ccc(Nc2nccn3c(-c4cnn(C)c4)cnc23)c(Br)n1. The fourth-order valence-electron chi connectivity index (χ4n) is 2.52. The van der Waals surface area contributed by atoms with Crippen molar-refractivity contribution in [1.29, 1.82) is 0 Å². The summed E-state index contributed by atoms with van der Waals surface area (Å²) in [6, 6.07) is 3.91. The van der Waals surface area contributed by atoms with Gasteiger partial charge in [0.15, 0.2) is 11.5 Å². The summed E-state index contributed by atoms with van der Waals surface area (Å²) >= 11 is 3.47. The number of pyridine rings is 1. The molecule has 0 atom stereocenters. The van der Waals surface area contributed by atoms with Crippen LogP contribution < -0.4 is 5.32 Å². The van der Waals surface area contributed by atoms with E-state index in [0.717, 1.165) is 32.9 Å². The van der Waals surface area contributed by atoms with Gasteiger partial charge in [-0.25, -0.2) is 15.0 Å². The van der Waals surface area contributed by atoms with Crippen LogP contribution in [0, 0.1) is 6.92 Å². The highest BCUT2D eigenvalue weighted by Gasteiger charge is 2.12. The maximum Gasteiger partial charge on any atom is 0.180 e. The Morgan fingerprint density at radius 2 is 2.04 bits per heavy atom. The van der Waals surface area contributed by atoms with Crippen molar-refractivity contribution in [2.24, 2.45) is 7.05 Å². The number of anilines is 2. The van der Waals surface area contributed by atoms with Gasteiger partial charge in [-0.1, -0.05) is 0 Å². The van der Waals surface area contributed by atoms with E-state index in [0.29, 0.717) is 5.82 Å². The summed E-state index contributed by atoms with van der Waals surface area (Å²) in [6.45, 7) is 1.95. The first-order chi connectivity index (χ1) is 11.6. The second-order valence-corrected chi connectivity index (χ2v) is 6.18. The molecular formula is C16H14BrN7. The lowest BCUT2D eigenvalue weighted by Crippen LogP contribution is -2.00. The van der Waals surface area contributed by atoms with Gasteiger partial charge < -0.3 is 5.32 Å². The molecule has 7 nitrogen and oxygen atoms in total. The van der Waals surface area contributed by atoms with Crippen LogP contribution in [0.15, 0.2) is 47.7 Å². The minimum Gasteiger partial charge on any atom is -0.335 e. The highest BCUT2D eigenvalue weighted by atomic mass is 79.9. The first-order valence-electron chi connectivity index (χ1n) is 7.33. The smallest absolute Gasteiger partial charge is 0.180 e. The molecule has 0 amide bonds. The average molecular weight is 384 g/mol. The summed E-state index contributed by atoms with van der Waals surface area (Å²) < 4.78 is 4.50. The molecule has 4 aromatic heterocycles. The summed E-state index contributed by atoms with van der Waals surface area (Å²) in [5.41, 5.74) is 4.49. The van der Waals surface area contributed by atoms with E-state index < -0.39 is 0 Å². The summed E-state index contributed by atoms with van der Waals surface area (Å²) in [5, 5.41) is 7.51. The molecule has 0 saturated heterocycles. The third-order valence-electron chi connectivity index (χ3n) is 3.67. The third-order valence-corrected chi connectivity index (χ3v) is 4.27. The van der Waals surface area contributed by atoms with Crippen molar-refractivity contribution in [1.82, 2.24) is 29.1 Å². The normalized spacial score (nSPS) is 11.1. The maximum absolute atomic E-state index is 4.51. The Morgan fingerprint density at radius 3 is 2.79 bits per heavy atom. The lowest BCUT2D eigenvalue weighted by atomic mass is 10.3. The number of rotatable bonds is 3. The van der Waals surface area contributed by atoms with E-state index in [1.54, 1.807) is 10.9 Å². The minimum absolute atomic E-state index is 0.666. The molecule has 0 unspecified atom stereocenters. The van der Waals surface area contributed by atoms with Gasteiger partial charge in [-0.15, -0.1) is 0 Å². The molecule has 0 aliphatic carbocycles. The van der Waals surface area contributed by atoms with E-state index in [2.05, 4.69) is 41.3 Å². The number of aromatic nitrogens is 6. The number of imidazole rings is 1. The Morgan fingerprint density at radius 1 is 1.17 bits per heavy atom. The van der Waals surface area contributed by atoms with Gasteiger partial charge in [0.25, 0.3) is 0 Å².